The van der Waals surface area contributed by atoms with Crippen molar-refractivity contribution in [3.05, 3.63) is 42.0 Å². The minimum atomic E-state index is -0.157. The van der Waals surface area contributed by atoms with E-state index in [2.05, 4.69) is 29.4 Å². The maximum Gasteiger partial charge on any atom is 0.321 e. The van der Waals surface area contributed by atoms with Gasteiger partial charge in [-0.05, 0) is 30.7 Å². The Morgan fingerprint density at radius 2 is 1.90 bits per heavy atom. The van der Waals surface area contributed by atoms with Crippen LogP contribution in [-0.4, -0.2) is 49.3 Å². The Labute approximate surface area is 179 Å². The monoisotopic (exact) mass is 427 g/mol. The van der Waals surface area contributed by atoms with Crippen LogP contribution in [0.1, 0.15) is 18.4 Å². The van der Waals surface area contributed by atoms with Crippen LogP contribution in [0.2, 0.25) is 0 Å². The summed E-state index contributed by atoms with van der Waals surface area (Å²) in [4.78, 5) is 19.1. The number of fused-ring (bicyclic) bond motifs is 1. The van der Waals surface area contributed by atoms with Gasteiger partial charge in [0, 0.05) is 25.9 Å². The second-order valence-corrected chi connectivity index (χ2v) is 8.17. The Morgan fingerprint density at radius 3 is 2.60 bits per heavy atom. The topological polar surface area (TPSA) is 72.9 Å². The Morgan fingerprint density at radius 1 is 1.13 bits per heavy atom. The average molecular weight is 428 g/mol. The highest BCUT2D eigenvalue weighted by Crippen LogP contribution is 2.35. The van der Waals surface area contributed by atoms with Crippen molar-refractivity contribution in [3.8, 4) is 16.7 Å². The van der Waals surface area contributed by atoms with Crippen LogP contribution in [0.3, 0.4) is 0 Å². The van der Waals surface area contributed by atoms with Gasteiger partial charge < -0.3 is 24.4 Å². The number of hydrogen-bond acceptors (Lipinski definition) is 6. The zero-order valence-electron chi connectivity index (χ0n) is 17.3. The number of nitrogens with one attached hydrogen (secondary N) is 1. The van der Waals surface area contributed by atoms with Crippen molar-refractivity contribution in [1.29, 1.82) is 0 Å². The normalized spacial score (nSPS) is 14.6. The molecule has 30 heavy (non-hydrogen) atoms. The van der Waals surface area contributed by atoms with Crippen LogP contribution in [0.4, 0.5) is 10.5 Å². The van der Waals surface area contributed by atoms with E-state index in [1.54, 1.807) is 42.6 Å². The fraction of sp³-hybridized carbons (Fsp3) is 0.364. The predicted molar refractivity (Wildman–Crippen MR) is 118 cm³/mol. The van der Waals surface area contributed by atoms with Gasteiger partial charge in [-0.15, -0.1) is 0 Å². The number of likely N-dealkylation sites (tertiary alicyclic amines) is 1. The number of urea groups is 1. The van der Waals surface area contributed by atoms with Gasteiger partial charge in [0.2, 0.25) is 0 Å². The Bertz CT molecular complexity index is 1040. The maximum atomic E-state index is 12.7. The van der Waals surface area contributed by atoms with Gasteiger partial charge in [0.1, 0.15) is 6.10 Å². The summed E-state index contributed by atoms with van der Waals surface area (Å²) in [6.45, 7) is 3.29. The van der Waals surface area contributed by atoms with Crippen molar-refractivity contribution < 1.29 is 19.0 Å². The summed E-state index contributed by atoms with van der Waals surface area (Å²) in [6.07, 6.45) is 1.58. The summed E-state index contributed by atoms with van der Waals surface area (Å²) < 4.78 is 17.9. The number of benzene rings is 2. The van der Waals surface area contributed by atoms with Gasteiger partial charge in [-0.3, -0.25) is 0 Å². The van der Waals surface area contributed by atoms with Gasteiger partial charge in [-0.2, -0.15) is 0 Å². The van der Waals surface area contributed by atoms with Gasteiger partial charge in [-0.25, -0.2) is 9.78 Å². The molecule has 0 bridgehead atoms. The molecule has 158 valence electrons. The zero-order valence-corrected chi connectivity index (χ0v) is 18.1. The quantitative estimate of drug-likeness (QED) is 0.639. The molecule has 1 saturated heterocycles. The van der Waals surface area contributed by atoms with E-state index in [0.29, 0.717) is 35.5 Å². The molecule has 0 unspecified atom stereocenters. The van der Waals surface area contributed by atoms with Crippen molar-refractivity contribution in [3.63, 3.8) is 0 Å². The third-order valence-corrected chi connectivity index (χ3v) is 6.15. The number of para-hydroxylation sites is 2. The minimum absolute atomic E-state index is 0.0567. The van der Waals surface area contributed by atoms with Gasteiger partial charge in [0.05, 0.1) is 30.1 Å². The van der Waals surface area contributed by atoms with E-state index in [-0.39, 0.29) is 12.1 Å². The molecule has 0 saturated carbocycles. The summed E-state index contributed by atoms with van der Waals surface area (Å²) in [7, 11) is 3.13. The fourth-order valence-corrected chi connectivity index (χ4v) is 4.57. The number of carbonyl (C=O) groups is 1. The van der Waals surface area contributed by atoms with E-state index in [4.69, 9.17) is 14.2 Å². The first-order valence-electron chi connectivity index (χ1n) is 9.88. The molecular weight excluding hydrogens is 402 g/mol. The Balaban J connectivity index is 1.35. The summed E-state index contributed by atoms with van der Waals surface area (Å²) in [5.41, 5.74) is 2.74. The number of aryl methyl sites for hydroxylation is 1. The third-order valence-electron chi connectivity index (χ3n) is 5.24. The molecule has 1 aromatic heterocycles. The van der Waals surface area contributed by atoms with E-state index in [1.807, 2.05) is 12.1 Å². The van der Waals surface area contributed by atoms with Gasteiger partial charge in [0.25, 0.3) is 5.19 Å². The smallest absolute Gasteiger partial charge is 0.321 e. The molecule has 3 aromatic rings. The Kier molecular flexibility index (Phi) is 5.94. The lowest BCUT2D eigenvalue weighted by molar-refractivity contribution is 0.115. The molecule has 2 aromatic carbocycles. The first-order chi connectivity index (χ1) is 14.6. The third kappa shape index (κ3) is 4.14. The molecule has 0 aliphatic carbocycles. The minimum Gasteiger partial charge on any atom is -0.493 e. The number of carbonyl (C=O) groups excluding carboxylic acids is 1. The van der Waals surface area contributed by atoms with Crippen LogP contribution in [0.5, 0.6) is 16.7 Å². The lowest BCUT2D eigenvalue weighted by Crippen LogP contribution is -2.43. The van der Waals surface area contributed by atoms with Crippen molar-refractivity contribution in [2.24, 2.45) is 0 Å². The van der Waals surface area contributed by atoms with E-state index >= 15 is 0 Å². The van der Waals surface area contributed by atoms with Crippen molar-refractivity contribution in [2.75, 3.05) is 32.6 Å². The number of amides is 2. The second-order valence-electron chi connectivity index (χ2n) is 7.18. The number of rotatable bonds is 5. The Hall–Kier alpha value is -3.00. The van der Waals surface area contributed by atoms with Crippen LogP contribution >= 0.6 is 11.3 Å². The second kappa shape index (κ2) is 8.79. The molecule has 8 heteroatoms. The highest BCUT2D eigenvalue weighted by molar-refractivity contribution is 7.20. The molecule has 1 N–H and O–H groups in total. The van der Waals surface area contributed by atoms with Crippen LogP contribution in [0.25, 0.3) is 10.2 Å². The molecule has 1 fully saturated rings. The van der Waals surface area contributed by atoms with Crippen LogP contribution in [-0.2, 0) is 0 Å². The molecule has 4 rings (SSSR count). The largest absolute Gasteiger partial charge is 0.493 e. The van der Waals surface area contributed by atoms with Crippen LogP contribution < -0.4 is 19.5 Å². The van der Waals surface area contributed by atoms with Crippen molar-refractivity contribution in [1.82, 2.24) is 9.88 Å². The number of aromatic nitrogens is 1. The molecule has 2 heterocycles. The van der Waals surface area contributed by atoms with Crippen LogP contribution in [0, 0.1) is 6.92 Å². The molecular formula is C22H25N3O4S. The number of methoxy groups -OCH3 is 2. The van der Waals surface area contributed by atoms with E-state index < -0.39 is 0 Å². The number of ether oxygens (including phenoxy) is 3. The summed E-state index contributed by atoms with van der Waals surface area (Å²) in [6, 6.07) is 11.4. The number of piperidine rings is 1. The van der Waals surface area contributed by atoms with Crippen molar-refractivity contribution >= 4 is 33.3 Å². The molecule has 0 radical (unpaired) electrons. The number of anilines is 1. The van der Waals surface area contributed by atoms with Crippen molar-refractivity contribution in [2.45, 2.75) is 25.9 Å². The molecule has 2 amide bonds. The molecule has 0 spiro atoms. The average Bonchev–Trinajstić information content (AvgIpc) is 3.18. The van der Waals surface area contributed by atoms with Gasteiger partial charge in [0.15, 0.2) is 11.5 Å². The number of hydrogen-bond donors (Lipinski definition) is 1. The van der Waals surface area contributed by atoms with Gasteiger partial charge >= 0.3 is 6.03 Å². The summed E-state index contributed by atoms with van der Waals surface area (Å²) in [5.74, 6) is 1.09. The highest BCUT2D eigenvalue weighted by atomic mass is 32.1. The summed E-state index contributed by atoms with van der Waals surface area (Å²) in [5, 5.41) is 3.62. The standard InChI is InChI=1S/C22H25N3O4S/c1-14-6-4-9-18-19(14)24-22(30-18)29-15-10-12-25(13-11-15)21(26)23-16-7-5-8-17(27-2)20(16)28-3/h4-9,15H,10-13H2,1-3H3,(H,23,26). The lowest BCUT2D eigenvalue weighted by Gasteiger charge is -2.31. The SMILES string of the molecule is COc1cccc(NC(=O)N2CCC(Oc3nc4c(C)cccc4s3)CC2)c1OC. The first-order valence-corrected chi connectivity index (χ1v) is 10.7. The van der Waals surface area contributed by atoms with Gasteiger partial charge in [-0.1, -0.05) is 29.5 Å². The van der Waals surface area contributed by atoms with E-state index in [1.165, 1.54) is 0 Å². The lowest BCUT2D eigenvalue weighted by atomic mass is 10.1. The fourth-order valence-electron chi connectivity index (χ4n) is 3.62. The highest BCUT2D eigenvalue weighted by Gasteiger charge is 2.25. The first kappa shape index (κ1) is 20.3. The zero-order chi connectivity index (χ0) is 21.1. The van der Waals surface area contributed by atoms with E-state index in [9.17, 15) is 4.79 Å². The molecule has 1 aliphatic rings. The molecule has 0 atom stereocenters. The number of thiazole rings is 1. The summed E-state index contributed by atoms with van der Waals surface area (Å²) >= 11 is 1.57. The number of nitrogens with zero attached hydrogens (tertiary/aromatic N) is 2. The maximum absolute atomic E-state index is 12.7. The van der Waals surface area contributed by atoms with Crippen LogP contribution in [0.15, 0.2) is 36.4 Å². The predicted octanol–water partition coefficient (Wildman–Crippen LogP) is 4.70. The molecule has 1 aliphatic heterocycles. The van der Waals surface area contributed by atoms with E-state index in [0.717, 1.165) is 28.6 Å². The molecule has 7 nitrogen and oxygen atoms in total.